The predicted octanol–water partition coefficient (Wildman–Crippen LogP) is 7.28. The molecule has 0 unspecified atom stereocenters. The fraction of sp³-hybridized carbons (Fsp3) is 0.240. The number of para-hydroxylation sites is 3. The summed E-state index contributed by atoms with van der Waals surface area (Å²) in [6.07, 6.45) is 0. The number of nitrogens with one attached hydrogen (secondary N) is 2. The Hall–Kier alpha value is -3.87. The molecule has 0 radical (unpaired) electrons. The molecule has 0 saturated heterocycles. The summed E-state index contributed by atoms with van der Waals surface area (Å²) >= 11 is 0. The number of ether oxygens (including phenoxy) is 1. The molecule has 0 bridgehead atoms. The van der Waals surface area contributed by atoms with Gasteiger partial charge in [-0.05, 0) is 47.2 Å². The molecule has 0 spiro atoms. The van der Waals surface area contributed by atoms with Gasteiger partial charge in [0.05, 0.1) is 10.6 Å². The molecule has 2 N–H and O–H groups in total. The van der Waals surface area contributed by atoms with Crippen molar-refractivity contribution >= 4 is 23.1 Å². The van der Waals surface area contributed by atoms with Gasteiger partial charge in [-0.1, -0.05) is 58.0 Å². The molecule has 0 fully saturated rings. The quantitative estimate of drug-likeness (QED) is 0.302. The van der Waals surface area contributed by atoms with Gasteiger partial charge in [0.1, 0.15) is 5.75 Å². The smallest absolute Gasteiger partial charge is 0.323 e. The minimum absolute atomic E-state index is 0.0205. The van der Waals surface area contributed by atoms with E-state index in [4.69, 9.17) is 4.74 Å². The largest absolute Gasteiger partial charge is 0.455 e. The van der Waals surface area contributed by atoms with Crippen LogP contribution in [0.25, 0.3) is 0 Å². The Morgan fingerprint density at radius 1 is 0.844 bits per heavy atom. The highest BCUT2D eigenvalue weighted by Gasteiger charge is 2.17. The van der Waals surface area contributed by atoms with Crippen molar-refractivity contribution in [2.24, 2.45) is 0 Å². The number of carbonyl (C=O) groups excluding carboxylic acids is 1. The van der Waals surface area contributed by atoms with Crippen LogP contribution in [0.3, 0.4) is 0 Å². The van der Waals surface area contributed by atoms with E-state index in [1.54, 1.807) is 24.3 Å². The Balaban J connectivity index is 1.81. The molecule has 0 aliphatic carbocycles. The third-order valence-corrected chi connectivity index (χ3v) is 5.02. The van der Waals surface area contributed by atoms with Crippen molar-refractivity contribution in [1.29, 1.82) is 0 Å². The van der Waals surface area contributed by atoms with E-state index in [-0.39, 0.29) is 23.6 Å². The maximum atomic E-state index is 12.9. The fourth-order valence-corrected chi connectivity index (χ4v) is 3.38. The molecular formula is C25H27N3O4. The second-order valence-electron chi connectivity index (χ2n) is 8.05. The van der Waals surface area contributed by atoms with Gasteiger partial charge in [-0.2, -0.15) is 0 Å². The van der Waals surface area contributed by atoms with Crippen LogP contribution in [-0.4, -0.2) is 11.0 Å². The van der Waals surface area contributed by atoms with Gasteiger partial charge in [0.2, 0.25) is 0 Å². The minimum atomic E-state index is -0.468. The van der Waals surface area contributed by atoms with E-state index in [2.05, 4.69) is 38.3 Å². The Morgan fingerprint density at radius 3 is 2.00 bits per heavy atom. The average molecular weight is 434 g/mol. The summed E-state index contributed by atoms with van der Waals surface area (Å²) in [6.45, 7) is 8.37. The molecule has 7 heteroatoms. The first kappa shape index (κ1) is 22.8. The highest BCUT2D eigenvalue weighted by atomic mass is 16.6. The number of non-ortho nitro benzene ring substituents is 1. The number of benzene rings is 3. The Morgan fingerprint density at radius 2 is 1.44 bits per heavy atom. The molecule has 7 nitrogen and oxygen atoms in total. The molecule has 3 aromatic rings. The zero-order valence-corrected chi connectivity index (χ0v) is 18.6. The first-order valence-corrected chi connectivity index (χ1v) is 10.5. The van der Waals surface area contributed by atoms with Gasteiger partial charge in [0, 0.05) is 17.8 Å². The number of amides is 2. The topological polar surface area (TPSA) is 93.5 Å². The molecular weight excluding hydrogens is 406 g/mol. The molecule has 3 aromatic carbocycles. The number of urea groups is 1. The Bertz CT molecular complexity index is 1080. The van der Waals surface area contributed by atoms with Crippen molar-refractivity contribution in [3.8, 4) is 11.5 Å². The minimum Gasteiger partial charge on any atom is -0.455 e. The summed E-state index contributed by atoms with van der Waals surface area (Å²) < 4.78 is 5.85. The molecule has 2 amide bonds. The van der Waals surface area contributed by atoms with E-state index < -0.39 is 4.92 Å². The molecule has 0 aliphatic heterocycles. The lowest BCUT2D eigenvalue weighted by atomic mass is 9.93. The first-order valence-electron chi connectivity index (χ1n) is 10.5. The van der Waals surface area contributed by atoms with Gasteiger partial charge in [-0.15, -0.1) is 0 Å². The van der Waals surface area contributed by atoms with Crippen LogP contribution < -0.4 is 15.4 Å². The van der Waals surface area contributed by atoms with Gasteiger partial charge < -0.3 is 15.4 Å². The fourth-order valence-electron chi connectivity index (χ4n) is 3.38. The van der Waals surface area contributed by atoms with Crippen LogP contribution in [0.2, 0.25) is 0 Å². The molecule has 0 saturated carbocycles. The summed E-state index contributed by atoms with van der Waals surface area (Å²) in [6, 6.07) is 18.5. The maximum absolute atomic E-state index is 12.9. The molecule has 32 heavy (non-hydrogen) atoms. The van der Waals surface area contributed by atoms with Crippen LogP contribution in [-0.2, 0) is 0 Å². The van der Waals surface area contributed by atoms with Gasteiger partial charge in [-0.25, -0.2) is 4.79 Å². The number of carbonyl (C=O) groups is 1. The van der Waals surface area contributed by atoms with Crippen molar-refractivity contribution in [3.05, 3.63) is 88.0 Å². The normalized spacial score (nSPS) is 10.8. The number of nitro groups is 1. The second kappa shape index (κ2) is 9.96. The summed E-state index contributed by atoms with van der Waals surface area (Å²) in [7, 11) is 0. The monoisotopic (exact) mass is 433 g/mol. The van der Waals surface area contributed by atoms with Gasteiger partial charge in [0.15, 0.2) is 5.75 Å². The lowest BCUT2D eigenvalue weighted by Crippen LogP contribution is -2.22. The van der Waals surface area contributed by atoms with E-state index in [1.807, 2.05) is 18.2 Å². The van der Waals surface area contributed by atoms with E-state index >= 15 is 0 Å². The number of anilines is 2. The predicted molar refractivity (Wildman–Crippen MR) is 127 cm³/mol. The highest BCUT2D eigenvalue weighted by molar-refractivity contribution is 6.01. The molecule has 0 atom stereocenters. The van der Waals surface area contributed by atoms with Gasteiger partial charge in [0.25, 0.3) is 5.69 Å². The standard InChI is InChI=1S/C25H27N3O4/c1-16(2)20-8-7-9-21(17(3)4)24(20)27-25(29)26-22-10-5-6-11-23(22)32-19-14-12-18(13-15-19)28(30)31/h5-17H,1-4H3,(H2,26,27,29). The van der Waals surface area contributed by atoms with Gasteiger partial charge >= 0.3 is 6.03 Å². The SMILES string of the molecule is CC(C)c1cccc(C(C)C)c1NC(=O)Nc1ccccc1Oc1ccc([N+](=O)[O-])cc1. The molecule has 0 aromatic heterocycles. The summed E-state index contributed by atoms with van der Waals surface area (Å²) in [5.41, 5.74) is 3.43. The van der Waals surface area contributed by atoms with Crippen LogP contribution >= 0.6 is 0 Å². The summed E-state index contributed by atoms with van der Waals surface area (Å²) in [5.74, 6) is 1.36. The van der Waals surface area contributed by atoms with Gasteiger partial charge in [-0.3, -0.25) is 10.1 Å². The molecule has 166 valence electrons. The van der Waals surface area contributed by atoms with E-state index in [0.29, 0.717) is 17.2 Å². The maximum Gasteiger partial charge on any atom is 0.323 e. The highest BCUT2D eigenvalue weighted by Crippen LogP contribution is 2.34. The van der Waals surface area contributed by atoms with E-state index in [9.17, 15) is 14.9 Å². The van der Waals surface area contributed by atoms with Crippen LogP contribution in [0.15, 0.2) is 66.7 Å². The second-order valence-corrected chi connectivity index (χ2v) is 8.05. The summed E-state index contributed by atoms with van der Waals surface area (Å²) in [5, 5.41) is 16.7. The number of rotatable bonds is 7. The zero-order chi connectivity index (χ0) is 23.3. The van der Waals surface area contributed by atoms with Crippen molar-refractivity contribution in [2.75, 3.05) is 10.6 Å². The summed E-state index contributed by atoms with van der Waals surface area (Å²) in [4.78, 5) is 23.3. The Labute approximate surface area is 187 Å². The number of nitrogens with zero attached hydrogens (tertiary/aromatic N) is 1. The molecule has 0 aliphatic rings. The van der Waals surface area contributed by atoms with Crippen molar-refractivity contribution < 1.29 is 14.5 Å². The van der Waals surface area contributed by atoms with E-state index in [1.165, 1.54) is 24.3 Å². The number of hydrogen-bond donors (Lipinski definition) is 2. The van der Waals surface area contributed by atoms with Crippen LogP contribution in [0.5, 0.6) is 11.5 Å². The van der Waals surface area contributed by atoms with Crippen molar-refractivity contribution in [3.63, 3.8) is 0 Å². The zero-order valence-electron chi connectivity index (χ0n) is 18.6. The lowest BCUT2D eigenvalue weighted by Gasteiger charge is -2.20. The number of hydrogen-bond acceptors (Lipinski definition) is 4. The number of nitro benzene ring substituents is 1. The Kier molecular flexibility index (Phi) is 7.10. The lowest BCUT2D eigenvalue weighted by molar-refractivity contribution is -0.384. The molecule has 0 heterocycles. The average Bonchev–Trinajstić information content (AvgIpc) is 2.75. The third kappa shape index (κ3) is 5.43. The van der Waals surface area contributed by atoms with Crippen LogP contribution in [0.4, 0.5) is 21.9 Å². The third-order valence-electron chi connectivity index (χ3n) is 5.02. The van der Waals surface area contributed by atoms with Crippen LogP contribution in [0.1, 0.15) is 50.7 Å². The van der Waals surface area contributed by atoms with Crippen LogP contribution in [0, 0.1) is 10.1 Å². The molecule has 3 rings (SSSR count). The van der Waals surface area contributed by atoms with Crippen molar-refractivity contribution in [2.45, 2.75) is 39.5 Å². The first-order chi connectivity index (χ1) is 15.3. The van der Waals surface area contributed by atoms with Crippen molar-refractivity contribution in [1.82, 2.24) is 0 Å². The van der Waals surface area contributed by atoms with E-state index in [0.717, 1.165) is 16.8 Å².